The molecule has 0 spiro atoms. The average molecular weight is 575 g/mol. The van der Waals surface area contributed by atoms with Gasteiger partial charge < -0.3 is 15.0 Å². The van der Waals surface area contributed by atoms with Crippen LogP contribution in [0.15, 0.2) is 48.7 Å². The Morgan fingerprint density at radius 3 is 2.37 bits per heavy atom. The fraction of sp³-hybridized carbons (Fsp3) is 0.379. The van der Waals surface area contributed by atoms with Crippen molar-refractivity contribution in [3.05, 3.63) is 74.9 Å². The van der Waals surface area contributed by atoms with Gasteiger partial charge in [0.15, 0.2) is 0 Å². The highest BCUT2D eigenvalue weighted by molar-refractivity contribution is 6.42. The SMILES string of the molecule is O=C(O)C(C1CCN(C(=O)/C=C/c2ccc(Cl)c(Cl)c2)CC1)N1CCC(c2c[nH]c3cc(Cl)ccc23)CC1. The van der Waals surface area contributed by atoms with Gasteiger partial charge in [-0.15, -0.1) is 0 Å². The first kappa shape index (κ1) is 27.1. The van der Waals surface area contributed by atoms with E-state index in [1.807, 2.05) is 12.1 Å². The summed E-state index contributed by atoms with van der Waals surface area (Å²) in [6, 6.07) is 10.6. The van der Waals surface area contributed by atoms with Crippen molar-refractivity contribution >= 4 is 63.7 Å². The van der Waals surface area contributed by atoms with Gasteiger partial charge in [0.05, 0.1) is 10.0 Å². The molecule has 5 rings (SSSR count). The molecule has 3 aromatic rings. The number of fused-ring (bicyclic) bond motifs is 1. The van der Waals surface area contributed by atoms with Crippen LogP contribution in [0.3, 0.4) is 0 Å². The summed E-state index contributed by atoms with van der Waals surface area (Å²) >= 11 is 18.1. The zero-order valence-corrected chi connectivity index (χ0v) is 23.1. The molecule has 3 heterocycles. The highest BCUT2D eigenvalue weighted by atomic mass is 35.5. The van der Waals surface area contributed by atoms with E-state index >= 15 is 0 Å². The summed E-state index contributed by atoms with van der Waals surface area (Å²) in [5, 5.41) is 13.0. The van der Waals surface area contributed by atoms with Crippen molar-refractivity contribution in [1.29, 1.82) is 0 Å². The number of hydrogen-bond donors (Lipinski definition) is 2. The average Bonchev–Trinajstić information content (AvgIpc) is 3.33. The van der Waals surface area contributed by atoms with Gasteiger partial charge in [0.25, 0.3) is 0 Å². The second-order valence-corrected chi connectivity index (χ2v) is 11.4. The van der Waals surface area contributed by atoms with Crippen molar-refractivity contribution in [3.8, 4) is 0 Å². The minimum Gasteiger partial charge on any atom is -0.480 e. The van der Waals surface area contributed by atoms with Gasteiger partial charge in [-0.2, -0.15) is 0 Å². The number of carboxylic acid groups (broad SMARTS) is 1. The molecular formula is C29H30Cl3N3O3. The quantitative estimate of drug-likeness (QED) is 0.321. The summed E-state index contributed by atoms with van der Waals surface area (Å²) in [4.78, 5) is 32.4. The molecule has 38 heavy (non-hydrogen) atoms. The zero-order valence-electron chi connectivity index (χ0n) is 20.9. The molecule has 0 aliphatic carbocycles. The first-order valence-corrected chi connectivity index (χ1v) is 14.1. The number of piperidine rings is 2. The smallest absolute Gasteiger partial charge is 0.321 e. The molecule has 9 heteroatoms. The number of amides is 1. The minimum atomic E-state index is -0.769. The molecule has 1 unspecified atom stereocenters. The number of nitrogens with one attached hydrogen (secondary N) is 1. The largest absolute Gasteiger partial charge is 0.480 e. The molecule has 1 atom stereocenters. The second-order valence-electron chi connectivity index (χ2n) is 10.2. The first-order valence-electron chi connectivity index (χ1n) is 13.0. The number of halogens is 3. The van der Waals surface area contributed by atoms with Crippen LogP contribution in [0.2, 0.25) is 15.1 Å². The van der Waals surface area contributed by atoms with Crippen LogP contribution in [-0.4, -0.2) is 64.0 Å². The minimum absolute atomic E-state index is 0.0161. The molecule has 2 fully saturated rings. The predicted octanol–water partition coefficient (Wildman–Crippen LogP) is 6.71. The van der Waals surface area contributed by atoms with Gasteiger partial charge in [0.1, 0.15) is 6.04 Å². The number of carbonyl (C=O) groups is 2. The van der Waals surface area contributed by atoms with Crippen molar-refractivity contribution in [2.24, 2.45) is 5.92 Å². The van der Waals surface area contributed by atoms with Gasteiger partial charge in [0, 0.05) is 41.3 Å². The second kappa shape index (κ2) is 11.7. The molecule has 2 aliphatic rings. The highest BCUT2D eigenvalue weighted by Crippen LogP contribution is 2.36. The number of aromatic nitrogens is 1. The third kappa shape index (κ3) is 5.89. The van der Waals surface area contributed by atoms with Gasteiger partial charge in [-0.3, -0.25) is 14.5 Å². The molecule has 1 aromatic heterocycles. The number of aliphatic carboxylic acids is 1. The molecular weight excluding hydrogens is 545 g/mol. The van der Waals surface area contributed by atoms with E-state index in [2.05, 4.69) is 22.1 Å². The predicted molar refractivity (Wildman–Crippen MR) is 153 cm³/mol. The van der Waals surface area contributed by atoms with Crippen LogP contribution in [0, 0.1) is 5.92 Å². The molecule has 0 bridgehead atoms. The van der Waals surface area contributed by atoms with Gasteiger partial charge in [0.2, 0.25) is 5.91 Å². The van der Waals surface area contributed by atoms with Crippen LogP contribution < -0.4 is 0 Å². The Balaban J connectivity index is 1.17. The van der Waals surface area contributed by atoms with Crippen LogP contribution >= 0.6 is 34.8 Å². The number of H-pyrrole nitrogens is 1. The fourth-order valence-electron chi connectivity index (χ4n) is 5.93. The molecule has 0 saturated carbocycles. The summed E-state index contributed by atoms with van der Waals surface area (Å²) in [7, 11) is 0. The van der Waals surface area contributed by atoms with Crippen LogP contribution in [0.25, 0.3) is 17.0 Å². The molecule has 200 valence electrons. The first-order chi connectivity index (χ1) is 18.3. The number of carbonyl (C=O) groups excluding carboxylic acids is 1. The van der Waals surface area contributed by atoms with Gasteiger partial charge in [-0.05, 0) is 92.1 Å². The Kier molecular flexibility index (Phi) is 8.34. The number of carboxylic acids is 1. The molecule has 2 aliphatic heterocycles. The fourth-order valence-corrected chi connectivity index (χ4v) is 6.41. The molecule has 6 nitrogen and oxygen atoms in total. The van der Waals surface area contributed by atoms with E-state index in [4.69, 9.17) is 34.8 Å². The number of aromatic amines is 1. The van der Waals surface area contributed by atoms with Crippen molar-refractivity contribution in [3.63, 3.8) is 0 Å². The monoisotopic (exact) mass is 573 g/mol. The third-order valence-electron chi connectivity index (χ3n) is 7.95. The van der Waals surface area contributed by atoms with E-state index in [1.165, 1.54) is 17.0 Å². The number of nitrogens with zero attached hydrogens (tertiary/aromatic N) is 2. The summed E-state index contributed by atoms with van der Waals surface area (Å²) in [6.07, 6.45) is 8.51. The standard InChI is InChI=1S/C29H30Cl3N3O3/c30-21-3-4-22-23(17-33-26(22)16-21)19-7-13-35(14-8-19)28(29(37)38)20-9-11-34(12-10-20)27(36)6-2-18-1-5-24(31)25(32)15-18/h1-6,15-17,19-20,28,33H,7-14H2,(H,37,38)/b6-2+. The van der Waals surface area contributed by atoms with Crippen molar-refractivity contribution < 1.29 is 14.7 Å². The topological polar surface area (TPSA) is 76.6 Å². The van der Waals surface area contributed by atoms with Crippen LogP contribution in [0.4, 0.5) is 0 Å². The summed E-state index contributed by atoms with van der Waals surface area (Å²) in [6.45, 7) is 2.58. The van der Waals surface area contributed by atoms with E-state index in [0.717, 1.165) is 37.0 Å². The lowest BCUT2D eigenvalue weighted by Crippen LogP contribution is -2.52. The third-order valence-corrected chi connectivity index (χ3v) is 8.93. The van der Waals surface area contributed by atoms with E-state index in [-0.39, 0.29) is 11.8 Å². The van der Waals surface area contributed by atoms with Crippen molar-refractivity contribution in [1.82, 2.24) is 14.8 Å². The molecule has 2 saturated heterocycles. The highest BCUT2D eigenvalue weighted by Gasteiger charge is 2.38. The van der Waals surface area contributed by atoms with E-state index < -0.39 is 12.0 Å². The zero-order chi connectivity index (χ0) is 26.8. The summed E-state index contributed by atoms with van der Waals surface area (Å²) < 4.78 is 0. The molecule has 1 amide bonds. The van der Waals surface area contributed by atoms with Crippen molar-refractivity contribution in [2.75, 3.05) is 26.2 Å². The number of benzene rings is 2. The van der Waals surface area contributed by atoms with Crippen molar-refractivity contribution in [2.45, 2.75) is 37.6 Å². The number of likely N-dealkylation sites (tertiary alicyclic amines) is 2. The summed E-state index contributed by atoms with van der Waals surface area (Å²) in [5.41, 5.74) is 3.11. The lowest BCUT2D eigenvalue weighted by molar-refractivity contribution is -0.147. The van der Waals surface area contributed by atoms with E-state index in [1.54, 1.807) is 29.2 Å². The molecule has 2 aromatic carbocycles. The lowest BCUT2D eigenvalue weighted by atomic mass is 9.84. The number of rotatable bonds is 6. The lowest BCUT2D eigenvalue weighted by Gasteiger charge is -2.41. The molecule has 2 N–H and O–H groups in total. The molecule has 0 radical (unpaired) electrons. The Morgan fingerprint density at radius 2 is 1.68 bits per heavy atom. The van der Waals surface area contributed by atoms with Crippen LogP contribution in [0.5, 0.6) is 0 Å². The Morgan fingerprint density at radius 1 is 0.947 bits per heavy atom. The number of hydrogen-bond acceptors (Lipinski definition) is 3. The Hall–Kier alpha value is -2.51. The Labute approximate surface area is 237 Å². The van der Waals surface area contributed by atoms with Gasteiger partial charge >= 0.3 is 5.97 Å². The maximum Gasteiger partial charge on any atom is 0.321 e. The maximum atomic E-state index is 12.7. The Bertz CT molecular complexity index is 1360. The van der Waals surface area contributed by atoms with E-state index in [0.29, 0.717) is 46.9 Å². The summed E-state index contributed by atoms with van der Waals surface area (Å²) in [5.74, 6) is -0.448. The van der Waals surface area contributed by atoms with Gasteiger partial charge in [-0.25, -0.2) is 0 Å². The van der Waals surface area contributed by atoms with Crippen LogP contribution in [0.1, 0.15) is 42.7 Å². The maximum absolute atomic E-state index is 12.7. The van der Waals surface area contributed by atoms with Crippen LogP contribution in [-0.2, 0) is 9.59 Å². The normalized spacial score (nSPS) is 18.9. The van der Waals surface area contributed by atoms with Gasteiger partial charge in [-0.1, -0.05) is 46.9 Å². The van der Waals surface area contributed by atoms with E-state index in [9.17, 15) is 14.7 Å².